The zero-order chi connectivity index (χ0) is 14.9. The van der Waals surface area contributed by atoms with Gasteiger partial charge in [0.2, 0.25) is 5.52 Å². The van der Waals surface area contributed by atoms with Gasteiger partial charge in [0.05, 0.1) is 5.39 Å². The summed E-state index contributed by atoms with van der Waals surface area (Å²) < 4.78 is 39.7. The Labute approximate surface area is 117 Å². The highest BCUT2D eigenvalue weighted by molar-refractivity contribution is 5.91. The fraction of sp³-hybridized carbons (Fsp3) is 0.154. The van der Waals surface area contributed by atoms with Crippen molar-refractivity contribution in [3.8, 4) is 11.5 Å². The molecule has 0 radical (unpaired) electrons. The molecule has 1 N–H and O–H groups in total. The lowest BCUT2D eigenvalue weighted by Crippen LogP contribution is -2.68. The fourth-order valence-corrected chi connectivity index (χ4v) is 1.91. The van der Waals surface area contributed by atoms with E-state index in [0.29, 0.717) is 0 Å². The molecule has 1 aromatic rings. The van der Waals surface area contributed by atoms with Gasteiger partial charge in [-0.15, -0.1) is 10.2 Å². The monoisotopic (exact) mass is 297 g/mol. The summed E-state index contributed by atoms with van der Waals surface area (Å²) in [5.41, 5.74) is 3.47. The molecule has 6 nitrogen and oxygen atoms in total. The average molecular weight is 298 g/mol. The Balaban J connectivity index is 0.000000257. The van der Waals surface area contributed by atoms with Crippen LogP contribution in [0.1, 0.15) is 11.3 Å². The first-order chi connectivity index (χ1) is 9.25. The molecular formula is C13H12ClNO5. The van der Waals surface area contributed by atoms with E-state index in [2.05, 4.69) is 30.1 Å². The molecule has 3 rings (SSSR count). The minimum absolute atomic E-state index is 0.860. The maximum Gasteiger partial charge on any atom is 0.380 e. The third kappa shape index (κ3) is 3.44. The van der Waals surface area contributed by atoms with Crippen molar-refractivity contribution in [1.29, 1.82) is 0 Å². The summed E-state index contributed by atoms with van der Waals surface area (Å²) in [7, 11) is -4.94. The zero-order valence-corrected chi connectivity index (χ0v) is 11.6. The number of H-pyrrole nitrogens is 1. The largest absolute Gasteiger partial charge is 0.409 e. The maximum absolute atomic E-state index is 8.49. The number of aromatic amines is 1. The number of hydrogen-bond donors (Lipinski definition) is 0. The molecule has 0 saturated carbocycles. The quantitative estimate of drug-likeness (QED) is 0.485. The summed E-state index contributed by atoms with van der Waals surface area (Å²) in [6, 6.07) is 10.4. The van der Waals surface area contributed by atoms with E-state index in [1.54, 1.807) is 0 Å². The summed E-state index contributed by atoms with van der Waals surface area (Å²) >= 11 is 0. The zero-order valence-electron chi connectivity index (χ0n) is 10.8. The van der Waals surface area contributed by atoms with Gasteiger partial charge in [0.1, 0.15) is 11.3 Å². The molecule has 0 atom stereocenters. The van der Waals surface area contributed by atoms with Crippen LogP contribution in [0.3, 0.4) is 0 Å². The summed E-state index contributed by atoms with van der Waals surface area (Å²) in [6.45, 7) is 4.06. The van der Waals surface area contributed by atoms with Gasteiger partial charge >= 0.3 is 5.89 Å². The lowest BCUT2D eigenvalue weighted by Gasteiger charge is -2.17. The van der Waals surface area contributed by atoms with Crippen molar-refractivity contribution in [2.24, 2.45) is 0 Å². The van der Waals surface area contributed by atoms with Gasteiger partial charge in [-0.2, -0.15) is 4.98 Å². The lowest BCUT2D eigenvalue weighted by atomic mass is 10.1. The molecule has 2 aliphatic heterocycles. The van der Waals surface area contributed by atoms with E-state index < -0.39 is 10.2 Å². The SMILES string of the molecule is Cc1cc2c3ccccc3[nH+]c-2oc1C.[O-][Cl+3]([O-])([O-])[O-]. The molecule has 0 aromatic heterocycles. The molecule has 7 heteroatoms. The van der Waals surface area contributed by atoms with Crippen LogP contribution in [0.4, 0.5) is 0 Å². The van der Waals surface area contributed by atoms with E-state index >= 15 is 0 Å². The van der Waals surface area contributed by atoms with Crippen molar-refractivity contribution >= 4 is 10.9 Å². The van der Waals surface area contributed by atoms with Crippen molar-refractivity contribution < 1.29 is 38.3 Å². The predicted octanol–water partition coefficient (Wildman–Crippen LogP) is -1.79. The Morgan fingerprint density at radius 3 is 2.30 bits per heavy atom. The first-order valence-electron chi connectivity index (χ1n) is 5.68. The number of hydrogen-bond acceptors (Lipinski definition) is 5. The minimum Gasteiger partial charge on any atom is -0.409 e. The van der Waals surface area contributed by atoms with Crippen LogP contribution in [0.2, 0.25) is 0 Å². The maximum atomic E-state index is 8.49. The second-order valence-electron chi connectivity index (χ2n) is 4.28. The van der Waals surface area contributed by atoms with E-state index in [0.717, 1.165) is 22.7 Å². The Hall–Kier alpha value is -1.70. The van der Waals surface area contributed by atoms with E-state index in [1.807, 2.05) is 19.1 Å². The van der Waals surface area contributed by atoms with Gasteiger partial charge in [-0.1, -0.05) is 12.1 Å². The van der Waals surface area contributed by atoms with Crippen LogP contribution in [-0.4, -0.2) is 0 Å². The van der Waals surface area contributed by atoms with Gasteiger partial charge in [0.15, 0.2) is 0 Å². The van der Waals surface area contributed by atoms with Crippen molar-refractivity contribution in [3.05, 3.63) is 41.7 Å². The molecule has 0 bridgehead atoms. The molecule has 0 unspecified atom stereocenters. The predicted molar refractivity (Wildman–Crippen MR) is 58.9 cm³/mol. The molecule has 1 aromatic carbocycles. The second kappa shape index (κ2) is 5.35. The smallest absolute Gasteiger partial charge is 0.380 e. The van der Waals surface area contributed by atoms with Crippen molar-refractivity contribution in [1.82, 2.24) is 0 Å². The van der Waals surface area contributed by atoms with Crippen LogP contribution < -0.4 is 23.6 Å². The Morgan fingerprint density at radius 2 is 1.65 bits per heavy atom. The third-order valence-electron chi connectivity index (χ3n) is 2.88. The second-order valence-corrected chi connectivity index (χ2v) is 5.03. The molecule has 0 aliphatic carbocycles. The number of halogens is 1. The highest BCUT2D eigenvalue weighted by Gasteiger charge is 2.21. The number of para-hydroxylation sites is 1. The molecule has 106 valence electrons. The van der Waals surface area contributed by atoms with Crippen LogP contribution in [0, 0.1) is 24.1 Å². The summed E-state index contributed by atoms with van der Waals surface area (Å²) in [6.07, 6.45) is 0. The Kier molecular flexibility index (Phi) is 3.94. The topological polar surface area (TPSA) is 120 Å². The molecule has 2 heterocycles. The molecular weight excluding hydrogens is 286 g/mol. The minimum atomic E-state index is -4.94. The van der Waals surface area contributed by atoms with Gasteiger partial charge in [-0.25, -0.2) is 18.6 Å². The molecule has 0 spiro atoms. The molecule has 20 heavy (non-hydrogen) atoms. The normalized spacial score (nSPS) is 11.5. The van der Waals surface area contributed by atoms with Crippen molar-refractivity contribution in [3.63, 3.8) is 0 Å². The lowest BCUT2D eigenvalue weighted by molar-refractivity contribution is -2.00. The van der Waals surface area contributed by atoms with Crippen LogP contribution in [-0.2, 0) is 0 Å². The molecule has 0 amide bonds. The van der Waals surface area contributed by atoms with Gasteiger partial charge in [-0.05, 0) is 31.5 Å². The van der Waals surface area contributed by atoms with Crippen LogP contribution >= 0.6 is 0 Å². The number of aromatic nitrogens is 1. The van der Waals surface area contributed by atoms with Crippen molar-refractivity contribution in [2.75, 3.05) is 0 Å². The van der Waals surface area contributed by atoms with Crippen LogP contribution in [0.15, 0.2) is 34.7 Å². The number of fused-ring (bicyclic) bond motifs is 3. The first-order valence-corrected chi connectivity index (χ1v) is 6.91. The van der Waals surface area contributed by atoms with E-state index in [9.17, 15) is 0 Å². The van der Waals surface area contributed by atoms with E-state index in [4.69, 9.17) is 23.1 Å². The molecule has 2 aliphatic rings. The van der Waals surface area contributed by atoms with E-state index in [1.165, 1.54) is 10.9 Å². The molecule has 0 saturated heterocycles. The Morgan fingerprint density at radius 1 is 1.05 bits per heavy atom. The van der Waals surface area contributed by atoms with Crippen molar-refractivity contribution in [2.45, 2.75) is 13.8 Å². The van der Waals surface area contributed by atoms with Gasteiger partial charge in [0.25, 0.3) is 0 Å². The standard InChI is InChI=1S/C13H11NO.ClHO4/c1-8-7-11-10-5-3-4-6-12(10)14-13(11)15-9(8)2;2-1(3,4)5/h3-7H,1-2H3;(H,2,3,4,5). The van der Waals surface area contributed by atoms with E-state index in [-0.39, 0.29) is 0 Å². The number of nitrogens with one attached hydrogen (secondary N) is 1. The van der Waals surface area contributed by atoms with Gasteiger partial charge < -0.3 is 4.42 Å². The summed E-state index contributed by atoms with van der Waals surface area (Å²) in [5, 5.41) is 1.22. The summed E-state index contributed by atoms with van der Waals surface area (Å²) in [5.74, 6) is 1.83. The van der Waals surface area contributed by atoms with Gasteiger partial charge in [-0.3, -0.25) is 0 Å². The highest BCUT2D eigenvalue weighted by atomic mass is 35.7. The van der Waals surface area contributed by atoms with Crippen LogP contribution in [0.25, 0.3) is 22.4 Å². The fourth-order valence-electron chi connectivity index (χ4n) is 1.91. The number of aryl methyl sites for hydroxylation is 2. The average Bonchev–Trinajstić information content (AvgIpc) is 2.66. The highest BCUT2D eigenvalue weighted by Crippen LogP contribution is 2.29. The van der Waals surface area contributed by atoms with Crippen LogP contribution in [0.5, 0.6) is 0 Å². The third-order valence-corrected chi connectivity index (χ3v) is 2.88. The number of benzene rings is 1. The summed E-state index contributed by atoms with van der Waals surface area (Å²) in [4.78, 5) is 3.28. The first kappa shape index (κ1) is 14.7. The number of rotatable bonds is 0. The molecule has 0 fully saturated rings. The van der Waals surface area contributed by atoms with Gasteiger partial charge in [0, 0.05) is 6.07 Å². The Bertz CT molecular complexity index is 698.